The van der Waals surface area contributed by atoms with E-state index in [9.17, 15) is 0 Å². The van der Waals surface area contributed by atoms with Gasteiger partial charge in [-0.3, -0.25) is 0 Å². The third-order valence-electron chi connectivity index (χ3n) is 2.90. The number of hydrogen-bond donors (Lipinski definition) is 1. The van der Waals surface area contributed by atoms with Gasteiger partial charge in [-0.1, -0.05) is 26.0 Å². The molecule has 1 aromatic carbocycles. The summed E-state index contributed by atoms with van der Waals surface area (Å²) in [6, 6.07) is 8.87. The molecule has 1 nitrogen and oxygen atoms in total. The molecule has 1 aromatic rings. The van der Waals surface area contributed by atoms with Gasteiger partial charge in [0.2, 0.25) is 0 Å². The standard InChI is InChI=1S/C13H18OS2/c1-10(2)16-12-5-3-11(4-6-12)13(9-15)7-14-8-13/h3-6,10,15H,7-9H2,1-2H3. The van der Waals surface area contributed by atoms with Crippen molar-refractivity contribution < 1.29 is 4.74 Å². The van der Waals surface area contributed by atoms with Crippen molar-refractivity contribution in [2.24, 2.45) is 0 Å². The van der Waals surface area contributed by atoms with Crippen LogP contribution in [0.25, 0.3) is 0 Å². The number of ether oxygens (including phenoxy) is 1. The molecule has 88 valence electrons. The number of hydrogen-bond acceptors (Lipinski definition) is 3. The minimum absolute atomic E-state index is 0.171. The molecule has 1 saturated heterocycles. The Bertz CT molecular complexity index is 336. The van der Waals surface area contributed by atoms with Gasteiger partial charge in [-0.15, -0.1) is 11.8 Å². The fourth-order valence-corrected chi connectivity index (χ4v) is 3.06. The summed E-state index contributed by atoms with van der Waals surface area (Å²) in [6.45, 7) is 6.06. The van der Waals surface area contributed by atoms with E-state index in [2.05, 4.69) is 50.7 Å². The fraction of sp³-hybridized carbons (Fsp3) is 0.538. The van der Waals surface area contributed by atoms with Crippen LogP contribution in [0, 0.1) is 0 Å². The molecule has 0 amide bonds. The Balaban J connectivity index is 2.12. The van der Waals surface area contributed by atoms with Crippen LogP contribution in [-0.2, 0) is 10.2 Å². The monoisotopic (exact) mass is 254 g/mol. The molecule has 1 fully saturated rings. The molecule has 0 saturated carbocycles. The third-order valence-corrected chi connectivity index (χ3v) is 4.52. The molecule has 0 bridgehead atoms. The summed E-state index contributed by atoms with van der Waals surface area (Å²) in [5, 5.41) is 0.636. The maximum atomic E-state index is 5.32. The third kappa shape index (κ3) is 2.41. The first kappa shape index (κ1) is 12.3. The van der Waals surface area contributed by atoms with Gasteiger partial charge in [0.15, 0.2) is 0 Å². The summed E-state index contributed by atoms with van der Waals surface area (Å²) >= 11 is 6.34. The van der Waals surface area contributed by atoms with E-state index in [1.54, 1.807) is 0 Å². The predicted molar refractivity (Wildman–Crippen MR) is 73.8 cm³/mol. The van der Waals surface area contributed by atoms with E-state index in [-0.39, 0.29) is 5.41 Å². The van der Waals surface area contributed by atoms with Crippen LogP contribution in [0.3, 0.4) is 0 Å². The van der Waals surface area contributed by atoms with Crippen LogP contribution in [0.4, 0.5) is 0 Å². The van der Waals surface area contributed by atoms with E-state index in [1.807, 2.05) is 11.8 Å². The van der Waals surface area contributed by atoms with Crippen LogP contribution >= 0.6 is 24.4 Å². The summed E-state index contributed by atoms with van der Waals surface area (Å²) in [4.78, 5) is 1.34. The van der Waals surface area contributed by atoms with Crippen LogP contribution < -0.4 is 0 Å². The molecule has 2 rings (SSSR count). The van der Waals surface area contributed by atoms with Crippen LogP contribution in [-0.4, -0.2) is 24.2 Å². The molecular weight excluding hydrogens is 236 g/mol. The summed E-state index contributed by atoms with van der Waals surface area (Å²) in [5.74, 6) is 0.865. The maximum Gasteiger partial charge on any atom is 0.0593 e. The highest BCUT2D eigenvalue weighted by Crippen LogP contribution is 2.34. The highest BCUT2D eigenvalue weighted by Gasteiger charge is 2.38. The number of thiol groups is 1. The Hall–Kier alpha value is -0.120. The van der Waals surface area contributed by atoms with E-state index < -0.39 is 0 Å². The average Bonchev–Trinajstić information content (AvgIpc) is 2.19. The van der Waals surface area contributed by atoms with Gasteiger partial charge in [0, 0.05) is 15.9 Å². The topological polar surface area (TPSA) is 9.23 Å². The molecule has 16 heavy (non-hydrogen) atoms. The van der Waals surface area contributed by atoms with E-state index in [1.165, 1.54) is 10.5 Å². The quantitative estimate of drug-likeness (QED) is 0.651. The normalized spacial score (nSPS) is 18.5. The zero-order valence-electron chi connectivity index (χ0n) is 9.77. The smallest absolute Gasteiger partial charge is 0.0593 e. The van der Waals surface area contributed by atoms with Crippen molar-refractivity contribution in [3.05, 3.63) is 29.8 Å². The highest BCUT2D eigenvalue weighted by atomic mass is 32.2. The highest BCUT2D eigenvalue weighted by molar-refractivity contribution is 7.99. The van der Waals surface area contributed by atoms with E-state index in [0.29, 0.717) is 5.25 Å². The molecule has 1 aliphatic rings. The lowest BCUT2D eigenvalue weighted by atomic mass is 9.80. The molecule has 3 heteroatoms. The first-order valence-corrected chi connectivity index (χ1v) is 7.13. The number of thioether (sulfide) groups is 1. The van der Waals surface area contributed by atoms with Crippen LogP contribution in [0.2, 0.25) is 0 Å². The second-order valence-electron chi connectivity index (χ2n) is 4.62. The summed E-state index contributed by atoms with van der Waals surface area (Å²) in [5.41, 5.74) is 1.53. The van der Waals surface area contributed by atoms with E-state index in [4.69, 9.17) is 4.74 Å². The molecule has 0 unspecified atom stereocenters. The molecular formula is C13H18OS2. The van der Waals surface area contributed by atoms with Gasteiger partial charge in [0.05, 0.1) is 18.6 Å². The van der Waals surface area contributed by atoms with Crippen LogP contribution in [0.1, 0.15) is 19.4 Å². The van der Waals surface area contributed by atoms with Gasteiger partial charge in [-0.25, -0.2) is 0 Å². The van der Waals surface area contributed by atoms with Gasteiger partial charge < -0.3 is 4.74 Å². The molecule has 0 N–H and O–H groups in total. The number of rotatable bonds is 4. The van der Waals surface area contributed by atoms with Crippen molar-refractivity contribution in [1.82, 2.24) is 0 Å². The Morgan fingerprint density at radius 3 is 2.31 bits per heavy atom. The average molecular weight is 254 g/mol. The SMILES string of the molecule is CC(C)Sc1ccc(C2(CS)COC2)cc1. The Kier molecular flexibility index (Phi) is 3.88. The summed E-state index contributed by atoms with van der Waals surface area (Å²) in [6.07, 6.45) is 0. The molecule has 0 spiro atoms. The second kappa shape index (κ2) is 5.03. The number of benzene rings is 1. The van der Waals surface area contributed by atoms with Crippen molar-refractivity contribution in [3.8, 4) is 0 Å². The second-order valence-corrected chi connectivity index (χ2v) is 6.59. The lowest BCUT2D eigenvalue weighted by Gasteiger charge is -2.40. The van der Waals surface area contributed by atoms with Crippen molar-refractivity contribution in [1.29, 1.82) is 0 Å². The van der Waals surface area contributed by atoms with Crippen molar-refractivity contribution in [2.75, 3.05) is 19.0 Å². The van der Waals surface area contributed by atoms with E-state index in [0.717, 1.165) is 19.0 Å². The molecule has 0 aliphatic carbocycles. The molecule has 0 atom stereocenters. The van der Waals surface area contributed by atoms with Gasteiger partial charge in [-0.05, 0) is 17.7 Å². The lowest BCUT2D eigenvalue weighted by Crippen LogP contribution is -2.48. The first-order chi connectivity index (χ1) is 7.66. The van der Waals surface area contributed by atoms with Gasteiger partial charge in [0.1, 0.15) is 0 Å². The van der Waals surface area contributed by atoms with Crippen molar-refractivity contribution in [2.45, 2.75) is 29.4 Å². The molecule has 0 radical (unpaired) electrons. The summed E-state index contributed by atoms with van der Waals surface area (Å²) < 4.78 is 5.32. The minimum atomic E-state index is 0.171. The first-order valence-electron chi connectivity index (χ1n) is 5.62. The largest absolute Gasteiger partial charge is 0.379 e. The van der Waals surface area contributed by atoms with Gasteiger partial charge in [-0.2, -0.15) is 12.6 Å². The lowest BCUT2D eigenvalue weighted by molar-refractivity contribution is -0.0471. The van der Waals surface area contributed by atoms with Crippen molar-refractivity contribution in [3.63, 3.8) is 0 Å². The maximum absolute atomic E-state index is 5.32. The molecule has 0 aromatic heterocycles. The fourth-order valence-electron chi connectivity index (χ4n) is 1.86. The molecule has 1 heterocycles. The summed E-state index contributed by atoms with van der Waals surface area (Å²) in [7, 11) is 0. The Morgan fingerprint density at radius 1 is 1.31 bits per heavy atom. The minimum Gasteiger partial charge on any atom is -0.379 e. The van der Waals surface area contributed by atoms with E-state index >= 15 is 0 Å². The van der Waals surface area contributed by atoms with Crippen molar-refractivity contribution >= 4 is 24.4 Å². The predicted octanol–water partition coefficient (Wildman–Crippen LogP) is 3.38. The zero-order valence-corrected chi connectivity index (χ0v) is 11.5. The zero-order chi connectivity index (χ0) is 11.6. The molecule has 1 aliphatic heterocycles. The Morgan fingerprint density at radius 2 is 1.94 bits per heavy atom. The van der Waals surface area contributed by atoms with Crippen LogP contribution in [0.15, 0.2) is 29.2 Å². The van der Waals surface area contributed by atoms with Gasteiger partial charge >= 0.3 is 0 Å². The van der Waals surface area contributed by atoms with Crippen LogP contribution in [0.5, 0.6) is 0 Å². The Labute approximate surface area is 107 Å². The van der Waals surface area contributed by atoms with Gasteiger partial charge in [0.25, 0.3) is 0 Å².